The zero-order valence-electron chi connectivity index (χ0n) is 13.1. The SMILES string of the molecule is CNC(=O)N1c2ccccc2CC(OC(C)=O)c2ccccc21. The van der Waals surface area contributed by atoms with Gasteiger partial charge in [0.05, 0.1) is 11.4 Å². The Morgan fingerprint density at radius 3 is 2.43 bits per heavy atom. The number of carbonyl (C=O) groups excluding carboxylic acids is 2. The van der Waals surface area contributed by atoms with Crippen LogP contribution in [0.3, 0.4) is 0 Å². The molecule has 118 valence electrons. The smallest absolute Gasteiger partial charge is 0.326 e. The van der Waals surface area contributed by atoms with Gasteiger partial charge in [-0.3, -0.25) is 9.69 Å². The zero-order valence-corrected chi connectivity index (χ0v) is 13.1. The number of urea groups is 1. The van der Waals surface area contributed by atoms with Gasteiger partial charge in [-0.2, -0.15) is 0 Å². The Kier molecular flexibility index (Phi) is 4.02. The number of esters is 1. The van der Waals surface area contributed by atoms with Crippen molar-refractivity contribution in [1.29, 1.82) is 0 Å². The number of hydrogen-bond acceptors (Lipinski definition) is 3. The molecule has 0 radical (unpaired) electrons. The van der Waals surface area contributed by atoms with Crippen LogP contribution in [-0.4, -0.2) is 19.0 Å². The summed E-state index contributed by atoms with van der Waals surface area (Å²) < 4.78 is 5.52. The Labute approximate surface area is 134 Å². The largest absolute Gasteiger partial charge is 0.457 e. The lowest BCUT2D eigenvalue weighted by atomic mass is 10.0. The second kappa shape index (κ2) is 6.12. The zero-order chi connectivity index (χ0) is 16.4. The van der Waals surface area contributed by atoms with Crippen molar-refractivity contribution in [3.63, 3.8) is 0 Å². The summed E-state index contributed by atoms with van der Waals surface area (Å²) in [6.07, 6.45) is 0.111. The van der Waals surface area contributed by atoms with Gasteiger partial charge in [-0.25, -0.2) is 4.79 Å². The van der Waals surface area contributed by atoms with Gasteiger partial charge in [-0.05, 0) is 17.7 Å². The fourth-order valence-electron chi connectivity index (χ4n) is 2.94. The fourth-order valence-corrected chi connectivity index (χ4v) is 2.94. The number of para-hydroxylation sites is 2. The molecule has 23 heavy (non-hydrogen) atoms. The third-order valence-electron chi connectivity index (χ3n) is 3.89. The highest BCUT2D eigenvalue weighted by Gasteiger charge is 2.31. The van der Waals surface area contributed by atoms with Gasteiger partial charge in [-0.15, -0.1) is 0 Å². The third-order valence-corrected chi connectivity index (χ3v) is 3.89. The highest BCUT2D eigenvalue weighted by atomic mass is 16.5. The summed E-state index contributed by atoms with van der Waals surface area (Å²) in [5.41, 5.74) is 3.30. The molecule has 1 N–H and O–H groups in total. The quantitative estimate of drug-likeness (QED) is 0.822. The molecule has 2 aromatic rings. The molecule has 0 fully saturated rings. The molecule has 2 aromatic carbocycles. The minimum absolute atomic E-state index is 0.228. The molecule has 1 heterocycles. The van der Waals surface area contributed by atoms with E-state index in [1.165, 1.54) is 6.92 Å². The number of nitrogens with one attached hydrogen (secondary N) is 1. The van der Waals surface area contributed by atoms with E-state index < -0.39 is 6.10 Å². The number of amides is 2. The molecule has 0 saturated heterocycles. The maximum atomic E-state index is 12.5. The van der Waals surface area contributed by atoms with E-state index in [9.17, 15) is 9.59 Å². The third kappa shape index (κ3) is 2.77. The summed E-state index contributed by atoms with van der Waals surface area (Å²) in [4.78, 5) is 25.6. The van der Waals surface area contributed by atoms with Gasteiger partial charge >= 0.3 is 12.0 Å². The van der Waals surface area contributed by atoms with Crippen molar-refractivity contribution >= 4 is 23.4 Å². The Morgan fingerprint density at radius 1 is 1.09 bits per heavy atom. The molecule has 1 aliphatic rings. The highest BCUT2D eigenvalue weighted by molar-refractivity contribution is 6.01. The highest BCUT2D eigenvalue weighted by Crippen LogP contribution is 2.41. The van der Waals surface area contributed by atoms with Crippen molar-refractivity contribution in [3.8, 4) is 0 Å². The van der Waals surface area contributed by atoms with Crippen molar-refractivity contribution in [2.45, 2.75) is 19.4 Å². The Hall–Kier alpha value is -2.82. The predicted molar refractivity (Wildman–Crippen MR) is 87.7 cm³/mol. The van der Waals surface area contributed by atoms with Crippen molar-refractivity contribution in [3.05, 3.63) is 59.7 Å². The molecule has 0 aromatic heterocycles. The van der Waals surface area contributed by atoms with Crippen LogP contribution in [0.1, 0.15) is 24.2 Å². The summed E-state index contributed by atoms with van der Waals surface area (Å²) in [5, 5.41) is 2.68. The van der Waals surface area contributed by atoms with E-state index in [1.807, 2.05) is 48.5 Å². The van der Waals surface area contributed by atoms with Gasteiger partial charge in [0.15, 0.2) is 0 Å². The molecule has 0 saturated carbocycles. The first kappa shape index (κ1) is 15.1. The van der Waals surface area contributed by atoms with Crippen LogP contribution in [0.15, 0.2) is 48.5 Å². The number of benzene rings is 2. The van der Waals surface area contributed by atoms with Crippen LogP contribution >= 0.6 is 0 Å². The normalized spacial score (nSPS) is 15.9. The Morgan fingerprint density at radius 2 is 1.74 bits per heavy atom. The number of anilines is 2. The summed E-state index contributed by atoms with van der Waals surface area (Å²) in [7, 11) is 1.60. The average molecular weight is 310 g/mol. The van der Waals surface area contributed by atoms with E-state index in [0.29, 0.717) is 6.42 Å². The first-order valence-corrected chi connectivity index (χ1v) is 7.47. The number of hydrogen-bond donors (Lipinski definition) is 1. The van der Waals surface area contributed by atoms with Crippen molar-refractivity contribution in [2.24, 2.45) is 0 Å². The predicted octanol–water partition coefficient (Wildman–Crippen LogP) is 3.32. The number of nitrogens with zero attached hydrogens (tertiary/aromatic N) is 1. The molecule has 0 bridgehead atoms. The lowest BCUT2D eigenvalue weighted by Gasteiger charge is -2.24. The fraction of sp³-hybridized carbons (Fsp3) is 0.222. The second-order valence-corrected chi connectivity index (χ2v) is 5.38. The van der Waals surface area contributed by atoms with E-state index in [-0.39, 0.29) is 12.0 Å². The molecule has 0 aliphatic carbocycles. The lowest BCUT2D eigenvalue weighted by Crippen LogP contribution is -2.35. The second-order valence-electron chi connectivity index (χ2n) is 5.38. The summed E-state index contributed by atoms with van der Waals surface area (Å²) in [6, 6.07) is 14.9. The lowest BCUT2D eigenvalue weighted by molar-refractivity contribution is -0.146. The maximum Gasteiger partial charge on any atom is 0.326 e. The molecule has 0 spiro atoms. The number of carbonyl (C=O) groups is 2. The van der Waals surface area contributed by atoms with Gasteiger partial charge < -0.3 is 10.1 Å². The molecule has 5 heteroatoms. The molecule has 1 unspecified atom stereocenters. The van der Waals surface area contributed by atoms with E-state index in [1.54, 1.807) is 11.9 Å². The van der Waals surface area contributed by atoms with E-state index in [4.69, 9.17) is 4.74 Å². The Balaban J connectivity index is 2.22. The maximum absolute atomic E-state index is 12.5. The van der Waals surface area contributed by atoms with Gasteiger partial charge in [0.25, 0.3) is 0 Å². The van der Waals surface area contributed by atoms with E-state index in [2.05, 4.69) is 5.32 Å². The van der Waals surface area contributed by atoms with Crippen molar-refractivity contribution in [2.75, 3.05) is 11.9 Å². The van der Waals surface area contributed by atoms with E-state index in [0.717, 1.165) is 22.5 Å². The van der Waals surface area contributed by atoms with Crippen LogP contribution in [0.25, 0.3) is 0 Å². The molecular weight excluding hydrogens is 292 g/mol. The van der Waals surface area contributed by atoms with Gasteiger partial charge in [0.2, 0.25) is 0 Å². The Bertz CT molecular complexity index is 757. The molecule has 1 atom stereocenters. The van der Waals surface area contributed by atoms with Gasteiger partial charge in [0, 0.05) is 26.0 Å². The number of ether oxygens (including phenoxy) is 1. The van der Waals surface area contributed by atoms with Gasteiger partial charge in [0.1, 0.15) is 6.10 Å². The first-order chi connectivity index (χ1) is 11.1. The molecular formula is C18H18N2O3. The minimum Gasteiger partial charge on any atom is -0.457 e. The summed E-state index contributed by atoms with van der Waals surface area (Å²) >= 11 is 0. The molecule has 2 amide bonds. The van der Waals surface area contributed by atoms with Crippen LogP contribution in [0.5, 0.6) is 0 Å². The monoisotopic (exact) mass is 310 g/mol. The minimum atomic E-state index is -0.417. The van der Waals surface area contributed by atoms with Crippen molar-refractivity contribution < 1.29 is 14.3 Å². The van der Waals surface area contributed by atoms with E-state index >= 15 is 0 Å². The van der Waals surface area contributed by atoms with Crippen LogP contribution in [0.2, 0.25) is 0 Å². The average Bonchev–Trinajstić information content (AvgIpc) is 2.68. The standard InChI is InChI=1S/C18H18N2O3/c1-12(21)23-17-11-13-7-3-5-9-15(13)20(18(22)19-2)16-10-6-4-8-14(16)17/h3-10,17H,11H2,1-2H3,(H,19,22). The molecule has 1 aliphatic heterocycles. The topological polar surface area (TPSA) is 58.6 Å². The number of rotatable bonds is 1. The van der Waals surface area contributed by atoms with Gasteiger partial charge in [-0.1, -0.05) is 36.4 Å². The van der Waals surface area contributed by atoms with Crippen LogP contribution in [0, 0.1) is 0 Å². The summed E-state index contributed by atoms with van der Waals surface area (Å²) in [5.74, 6) is -0.337. The van der Waals surface area contributed by atoms with Crippen LogP contribution in [0.4, 0.5) is 16.2 Å². The van der Waals surface area contributed by atoms with Crippen molar-refractivity contribution in [1.82, 2.24) is 5.32 Å². The molecule has 3 rings (SSSR count). The summed E-state index contributed by atoms with van der Waals surface area (Å²) in [6.45, 7) is 1.40. The van der Waals surface area contributed by atoms with Crippen LogP contribution < -0.4 is 10.2 Å². The first-order valence-electron chi connectivity index (χ1n) is 7.47. The van der Waals surface area contributed by atoms with Crippen LogP contribution in [-0.2, 0) is 16.0 Å². The molecule has 5 nitrogen and oxygen atoms in total. The number of fused-ring (bicyclic) bond motifs is 2.